The van der Waals surface area contributed by atoms with E-state index in [-0.39, 0.29) is 0 Å². The first-order valence-corrected chi connectivity index (χ1v) is 5.60. The van der Waals surface area contributed by atoms with E-state index < -0.39 is 0 Å². The number of allylic oxidation sites excluding steroid dienone is 1. The van der Waals surface area contributed by atoms with Gasteiger partial charge in [-0.3, -0.25) is 0 Å². The number of hydrogen-bond acceptors (Lipinski definition) is 1. The topological polar surface area (TPSA) is 12.0 Å². The summed E-state index contributed by atoms with van der Waals surface area (Å²) in [5.74, 6) is 0.588. The molecule has 0 aromatic heterocycles. The number of benzene rings is 1. The molecule has 1 nitrogen and oxygen atoms in total. The zero-order valence-electron chi connectivity index (χ0n) is 10.0. The average molecular weight is 203 g/mol. The molecule has 1 N–H and O–H groups in total. The number of rotatable bonds is 5. The van der Waals surface area contributed by atoms with E-state index in [1.807, 2.05) is 13.1 Å². The Morgan fingerprint density at radius 3 is 2.67 bits per heavy atom. The fourth-order valence-corrected chi connectivity index (χ4v) is 1.66. The SMILES string of the molecule is C=CCCc1ccc(C(C)C)cc1NC. The quantitative estimate of drug-likeness (QED) is 0.714. The van der Waals surface area contributed by atoms with Crippen molar-refractivity contribution in [3.05, 3.63) is 42.0 Å². The predicted molar refractivity (Wildman–Crippen MR) is 68.6 cm³/mol. The Labute approximate surface area is 93.2 Å². The third-order valence-electron chi connectivity index (χ3n) is 2.69. The zero-order valence-corrected chi connectivity index (χ0v) is 10.0. The lowest BCUT2D eigenvalue weighted by atomic mass is 9.98. The van der Waals surface area contributed by atoms with Gasteiger partial charge in [0.15, 0.2) is 0 Å². The second-order valence-corrected chi connectivity index (χ2v) is 4.15. The number of aryl methyl sites for hydroxylation is 1. The molecule has 0 radical (unpaired) electrons. The maximum Gasteiger partial charge on any atom is 0.0373 e. The van der Waals surface area contributed by atoms with Crippen molar-refractivity contribution < 1.29 is 0 Å². The molecule has 1 heteroatoms. The lowest BCUT2D eigenvalue weighted by Gasteiger charge is -2.12. The van der Waals surface area contributed by atoms with Crippen LogP contribution in [-0.2, 0) is 6.42 Å². The Morgan fingerprint density at radius 2 is 2.13 bits per heavy atom. The van der Waals surface area contributed by atoms with Crippen LogP contribution >= 0.6 is 0 Å². The largest absolute Gasteiger partial charge is 0.388 e. The molecule has 0 amide bonds. The van der Waals surface area contributed by atoms with Crippen LogP contribution < -0.4 is 5.32 Å². The molecule has 1 aromatic rings. The molecular weight excluding hydrogens is 182 g/mol. The summed E-state index contributed by atoms with van der Waals surface area (Å²) < 4.78 is 0. The minimum Gasteiger partial charge on any atom is -0.388 e. The second kappa shape index (κ2) is 5.59. The highest BCUT2D eigenvalue weighted by molar-refractivity contribution is 5.53. The van der Waals surface area contributed by atoms with Gasteiger partial charge in [0.05, 0.1) is 0 Å². The van der Waals surface area contributed by atoms with Crippen molar-refractivity contribution in [2.24, 2.45) is 0 Å². The van der Waals surface area contributed by atoms with Crippen molar-refractivity contribution in [2.45, 2.75) is 32.6 Å². The standard InChI is InChI=1S/C14H21N/c1-5-6-7-12-8-9-13(11(2)3)10-14(12)15-4/h5,8-11,15H,1,6-7H2,2-4H3. The van der Waals surface area contributed by atoms with Gasteiger partial charge >= 0.3 is 0 Å². The van der Waals surface area contributed by atoms with Gasteiger partial charge in [0.2, 0.25) is 0 Å². The molecule has 0 aliphatic rings. The second-order valence-electron chi connectivity index (χ2n) is 4.15. The van der Waals surface area contributed by atoms with Gasteiger partial charge in [-0.2, -0.15) is 0 Å². The van der Waals surface area contributed by atoms with Crippen molar-refractivity contribution in [2.75, 3.05) is 12.4 Å². The molecule has 1 rings (SSSR count). The highest BCUT2D eigenvalue weighted by Gasteiger charge is 2.04. The van der Waals surface area contributed by atoms with Gasteiger partial charge < -0.3 is 5.32 Å². The normalized spacial score (nSPS) is 10.4. The molecule has 0 saturated carbocycles. The van der Waals surface area contributed by atoms with Gasteiger partial charge in [-0.25, -0.2) is 0 Å². The highest BCUT2D eigenvalue weighted by Crippen LogP contribution is 2.23. The summed E-state index contributed by atoms with van der Waals surface area (Å²) in [6, 6.07) is 6.71. The predicted octanol–water partition coefficient (Wildman–Crippen LogP) is 3.97. The third kappa shape index (κ3) is 3.12. The zero-order chi connectivity index (χ0) is 11.3. The Hall–Kier alpha value is -1.24. The fraction of sp³-hybridized carbons (Fsp3) is 0.429. The van der Waals surface area contributed by atoms with E-state index in [9.17, 15) is 0 Å². The van der Waals surface area contributed by atoms with Crippen LogP contribution in [0.2, 0.25) is 0 Å². The van der Waals surface area contributed by atoms with Crippen LogP contribution in [0.1, 0.15) is 37.3 Å². The summed E-state index contributed by atoms with van der Waals surface area (Å²) in [5.41, 5.74) is 4.02. The van der Waals surface area contributed by atoms with Crippen LogP contribution in [0.5, 0.6) is 0 Å². The molecule has 0 atom stereocenters. The van der Waals surface area contributed by atoms with Crippen LogP contribution in [0.3, 0.4) is 0 Å². The lowest BCUT2D eigenvalue weighted by Crippen LogP contribution is -1.98. The van der Waals surface area contributed by atoms with Crippen molar-refractivity contribution in [3.63, 3.8) is 0 Å². The van der Waals surface area contributed by atoms with Gasteiger partial charge in [0.1, 0.15) is 0 Å². The minimum absolute atomic E-state index is 0.588. The molecule has 15 heavy (non-hydrogen) atoms. The number of anilines is 1. The van der Waals surface area contributed by atoms with Gasteiger partial charge in [-0.05, 0) is 36.0 Å². The van der Waals surface area contributed by atoms with E-state index in [0.717, 1.165) is 12.8 Å². The van der Waals surface area contributed by atoms with Crippen LogP contribution in [0, 0.1) is 0 Å². The maximum atomic E-state index is 3.76. The Balaban J connectivity index is 2.92. The van der Waals surface area contributed by atoms with Gasteiger partial charge in [-0.15, -0.1) is 6.58 Å². The minimum atomic E-state index is 0.588. The fourth-order valence-electron chi connectivity index (χ4n) is 1.66. The summed E-state index contributed by atoms with van der Waals surface area (Å²) >= 11 is 0. The van der Waals surface area contributed by atoms with Crippen molar-refractivity contribution >= 4 is 5.69 Å². The van der Waals surface area contributed by atoms with E-state index in [1.54, 1.807) is 0 Å². The first kappa shape index (κ1) is 11.8. The van der Waals surface area contributed by atoms with Gasteiger partial charge in [0.25, 0.3) is 0 Å². The first-order chi connectivity index (χ1) is 7.19. The van der Waals surface area contributed by atoms with Crippen molar-refractivity contribution in [3.8, 4) is 0 Å². The summed E-state index contributed by atoms with van der Waals surface area (Å²) in [4.78, 5) is 0. The third-order valence-corrected chi connectivity index (χ3v) is 2.69. The molecule has 0 fully saturated rings. The maximum absolute atomic E-state index is 3.76. The van der Waals surface area contributed by atoms with E-state index in [1.165, 1.54) is 16.8 Å². The molecule has 0 heterocycles. The molecule has 0 aliphatic heterocycles. The highest BCUT2D eigenvalue weighted by atomic mass is 14.8. The molecule has 0 spiro atoms. The van der Waals surface area contributed by atoms with Gasteiger partial charge in [-0.1, -0.05) is 32.1 Å². The van der Waals surface area contributed by atoms with Crippen LogP contribution in [0.25, 0.3) is 0 Å². The monoisotopic (exact) mass is 203 g/mol. The number of hydrogen-bond donors (Lipinski definition) is 1. The smallest absolute Gasteiger partial charge is 0.0373 e. The van der Waals surface area contributed by atoms with Gasteiger partial charge in [0, 0.05) is 12.7 Å². The van der Waals surface area contributed by atoms with Crippen molar-refractivity contribution in [1.82, 2.24) is 0 Å². The molecule has 0 unspecified atom stereocenters. The lowest BCUT2D eigenvalue weighted by molar-refractivity contribution is 0.864. The Morgan fingerprint density at radius 1 is 1.40 bits per heavy atom. The Kier molecular flexibility index (Phi) is 4.41. The first-order valence-electron chi connectivity index (χ1n) is 5.60. The summed E-state index contributed by atoms with van der Waals surface area (Å²) in [5, 5.41) is 3.27. The van der Waals surface area contributed by atoms with E-state index in [0.29, 0.717) is 5.92 Å². The summed E-state index contributed by atoms with van der Waals surface area (Å²) in [6.45, 7) is 8.20. The van der Waals surface area contributed by atoms with E-state index >= 15 is 0 Å². The Bertz CT molecular complexity index is 326. The number of nitrogens with one attached hydrogen (secondary N) is 1. The van der Waals surface area contributed by atoms with Crippen molar-refractivity contribution in [1.29, 1.82) is 0 Å². The molecule has 1 aromatic carbocycles. The summed E-state index contributed by atoms with van der Waals surface area (Å²) in [6.07, 6.45) is 4.07. The molecule has 0 aliphatic carbocycles. The molecule has 0 saturated heterocycles. The van der Waals surface area contributed by atoms with Crippen LogP contribution in [0.15, 0.2) is 30.9 Å². The average Bonchev–Trinajstić information content (AvgIpc) is 2.25. The molecule has 0 bridgehead atoms. The van der Waals surface area contributed by atoms with E-state index in [2.05, 4.69) is 43.9 Å². The van der Waals surface area contributed by atoms with E-state index in [4.69, 9.17) is 0 Å². The van der Waals surface area contributed by atoms with Crippen LogP contribution in [0.4, 0.5) is 5.69 Å². The summed E-state index contributed by atoms with van der Waals surface area (Å²) in [7, 11) is 1.98. The molecule has 82 valence electrons. The molecular formula is C14H21N. The van der Waals surface area contributed by atoms with Crippen LogP contribution in [-0.4, -0.2) is 7.05 Å².